The Morgan fingerprint density at radius 3 is 2.20 bits per heavy atom. The summed E-state index contributed by atoms with van der Waals surface area (Å²) in [6, 6.07) is 9.51. The van der Waals surface area contributed by atoms with Crippen LogP contribution in [0.3, 0.4) is 0 Å². The van der Waals surface area contributed by atoms with Gasteiger partial charge in [-0.25, -0.2) is 14.4 Å². The lowest BCUT2D eigenvalue weighted by Crippen LogP contribution is -2.77. The number of rotatable bonds is 10. The Kier molecular flexibility index (Phi) is 7.37. The smallest absolute Gasteiger partial charge is 0.343 e. The van der Waals surface area contributed by atoms with E-state index in [2.05, 4.69) is 0 Å². The molecule has 12 heteroatoms. The molecule has 2 fully saturated rings. The topological polar surface area (TPSA) is 211 Å². The number of aliphatic hydroxyl groups excluding tert-OH is 3. The molecular weight excluding hydrogens is 468 g/mol. The maximum absolute atomic E-state index is 12.1. The van der Waals surface area contributed by atoms with Crippen LogP contribution >= 0.6 is 0 Å². The summed E-state index contributed by atoms with van der Waals surface area (Å²) < 4.78 is 10.5. The molecule has 2 heterocycles. The normalized spacial score (nSPS) is 35.5. The van der Waals surface area contributed by atoms with Crippen molar-refractivity contribution in [1.82, 2.24) is 0 Å². The number of hydrogen-bond acceptors (Lipinski definition) is 9. The Balaban J connectivity index is 1.92. The quantitative estimate of drug-likeness (QED) is 0.197. The molecule has 2 aliphatic heterocycles. The van der Waals surface area contributed by atoms with E-state index in [-0.39, 0.29) is 12.3 Å². The maximum Gasteiger partial charge on any atom is 0.343 e. The van der Waals surface area contributed by atoms with Crippen LogP contribution in [0.5, 0.6) is 0 Å². The van der Waals surface area contributed by atoms with Gasteiger partial charge < -0.3 is 45.2 Å². The summed E-state index contributed by atoms with van der Waals surface area (Å²) in [6.07, 6.45) is -5.64. The van der Waals surface area contributed by atoms with Crippen LogP contribution in [0.25, 0.3) is 0 Å². The Labute approximate surface area is 199 Å². The standard InChI is InChI=1S/C23H28O12/c1-12(9-13-5-3-2-4-6-13)10-14(11-24)7-8-21-15(25)16(26)23(35-21,20(31)32)22(33,19(29)30)17(34-21)18(27)28/h2-6,10,12,15-17,24-26,33H,7-9,11H2,1H3,(H,27,28)(H,29,30)(H,31,32)/t12-,15+,16+,17+,21-,22+,23-/m0/s1. The van der Waals surface area contributed by atoms with Gasteiger partial charge in [-0.3, -0.25) is 0 Å². The van der Waals surface area contributed by atoms with Crippen molar-refractivity contribution in [2.45, 2.75) is 61.5 Å². The third kappa shape index (κ3) is 4.22. The minimum atomic E-state index is -3.77. The average molecular weight is 496 g/mol. The largest absolute Gasteiger partial charge is 0.479 e. The van der Waals surface area contributed by atoms with Gasteiger partial charge in [0, 0.05) is 6.42 Å². The second-order valence-electron chi connectivity index (χ2n) is 8.90. The second kappa shape index (κ2) is 9.64. The highest BCUT2D eigenvalue weighted by molar-refractivity contribution is 5.97. The Morgan fingerprint density at radius 2 is 1.69 bits per heavy atom. The first-order valence-electron chi connectivity index (χ1n) is 10.9. The molecule has 1 aromatic rings. The molecule has 0 spiro atoms. The number of benzene rings is 1. The van der Waals surface area contributed by atoms with Crippen molar-refractivity contribution in [1.29, 1.82) is 0 Å². The van der Waals surface area contributed by atoms with E-state index >= 15 is 0 Å². The van der Waals surface area contributed by atoms with Gasteiger partial charge in [-0.05, 0) is 29.9 Å². The van der Waals surface area contributed by atoms with Crippen molar-refractivity contribution >= 4 is 17.9 Å². The summed E-state index contributed by atoms with van der Waals surface area (Å²) in [5.74, 6) is -9.10. The zero-order valence-electron chi connectivity index (χ0n) is 18.8. The lowest BCUT2D eigenvalue weighted by Gasteiger charge is -2.48. The molecular formula is C23H28O12. The molecule has 35 heavy (non-hydrogen) atoms. The average Bonchev–Trinajstić information content (AvgIpc) is 3.00. The van der Waals surface area contributed by atoms with E-state index in [0.717, 1.165) is 5.56 Å². The highest BCUT2D eigenvalue weighted by atomic mass is 16.8. The molecule has 3 rings (SSSR count). The van der Waals surface area contributed by atoms with Gasteiger partial charge in [0.05, 0.1) is 6.61 Å². The number of carboxylic acid groups (broad SMARTS) is 3. The van der Waals surface area contributed by atoms with Gasteiger partial charge in [0.15, 0.2) is 5.79 Å². The molecule has 2 aliphatic rings. The van der Waals surface area contributed by atoms with E-state index in [4.69, 9.17) is 9.47 Å². The molecule has 0 amide bonds. The molecule has 192 valence electrons. The Morgan fingerprint density at radius 1 is 1.06 bits per heavy atom. The Bertz CT molecular complexity index is 1010. The highest BCUT2D eigenvalue weighted by Gasteiger charge is 2.84. The monoisotopic (exact) mass is 496 g/mol. The number of aliphatic carboxylic acids is 3. The third-order valence-electron chi connectivity index (χ3n) is 6.55. The van der Waals surface area contributed by atoms with E-state index in [1.807, 2.05) is 37.3 Å². The minimum Gasteiger partial charge on any atom is -0.479 e. The fraction of sp³-hybridized carbons (Fsp3) is 0.522. The molecule has 12 nitrogen and oxygen atoms in total. The Hall–Kier alpha value is -2.87. The number of carboxylic acids is 3. The van der Waals surface area contributed by atoms with Gasteiger partial charge >= 0.3 is 17.9 Å². The van der Waals surface area contributed by atoms with Crippen molar-refractivity contribution < 1.29 is 59.6 Å². The maximum atomic E-state index is 12.1. The summed E-state index contributed by atoms with van der Waals surface area (Å²) in [4.78, 5) is 35.8. The zero-order valence-corrected chi connectivity index (χ0v) is 18.8. The fourth-order valence-corrected chi connectivity index (χ4v) is 4.82. The predicted octanol–water partition coefficient (Wildman–Crippen LogP) is -0.865. The molecule has 0 saturated carbocycles. The number of ether oxygens (including phenoxy) is 2. The lowest BCUT2D eigenvalue weighted by atomic mass is 9.74. The van der Waals surface area contributed by atoms with Gasteiger partial charge in [0.1, 0.15) is 12.2 Å². The van der Waals surface area contributed by atoms with Crippen LogP contribution in [0.1, 0.15) is 25.3 Å². The lowest BCUT2D eigenvalue weighted by molar-refractivity contribution is -0.374. The minimum absolute atomic E-state index is 0.0497. The molecule has 0 aliphatic carbocycles. The van der Waals surface area contributed by atoms with Crippen molar-refractivity contribution in [3.8, 4) is 0 Å². The van der Waals surface area contributed by atoms with E-state index in [0.29, 0.717) is 12.0 Å². The number of allylic oxidation sites excluding steroid dienone is 1. The van der Waals surface area contributed by atoms with Crippen molar-refractivity contribution in [2.75, 3.05) is 6.61 Å². The van der Waals surface area contributed by atoms with Gasteiger partial charge in [0.2, 0.25) is 17.3 Å². The van der Waals surface area contributed by atoms with Crippen LogP contribution in [0.4, 0.5) is 0 Å². The number of hydrogen-bond donors (Lipinski definition) is 7. The van der Waals surface area contributed by atoms with Crippen molar-refractivity contribution in [3.05, 3.63) is 47.5 Å². The molecule has 7 N–H and O–H groups in total. The summed E-state index contributed by atoms with van der Waals surface area (Å²) in [5.41, 5.74) is -5.74. The van der Waals surface area contributed by atoms with Crippen molar-refractivity contribution in [2.24, 2.45) is 5.92 Å². The van der Waals surface area contributed by atoms with E-state index in [1.165, 1.54) is 0 Å². The van der Waals surface area contributed by atoms with Crippen LogP contribution in [0, 0.1) is 5.92 Å². The molecule has 0 unspecified atom stereocenters. The first kappa shape index (κ1) is 26.7. The summed E-state index contributed by atoms with van der Waals surface area (Å²) in [6.45, 7) is 1.46. The fourth-order valence-electron chi connectivity index (χ4n) is 4.82. The van der Waals surface area contributed by atoms with E-state index in [9.17, 15) is 50.1 Å². The number of fused-ring (bicyclic) bond motifs is 2. The predicted molar refractivity (Wildman–Crippen MR) is 115 cm³/mol. The zero-order chi connectivity index (χ0) is 26.2. The third-order valence-corrected chi connectivity index (χ3v) is 6.55. The van der Waals surface area contributed by atoms with Gasteiger partial charge in [-0.1, -0.05) is 43.3 Å². The van der Waals surface area contributed by atoms with Crippen LogP contribution in [0.2, 0.25) is 0 Å². The van der Waals surface area contributed by atoms with E-state index < -0.39 is 66.2 Å². The van der Waals surface area contributed by atoms with Crippen LogP contribution in [0.15, 0.2) is 42.0 Å². The van der Waals surface area contributed by atoms with E-state index in [1.54, 1.807) is 6.08 Å². The molecule has 2 bridgehead atoms. The molecule has 2 saturated heterocycles. The molecule has 0 radical (unpaired) electrons. The van der Waals surface area contributed by atoms with Crippen LogP contribution in [-0.4, -0.2) is 95.6 Å². The number of carbonyl (C=O) groups is 3. The second-order valence-corrected chi connectivity index (χ2v) is 8.90. The highest BCUT2D eigenvalue weighted by Crippen LogP contribution is 2.54. The van der Waals surface area contributed by atoms with Crippen LogP contribution < -0.4 is 0 Å². The number of aliphatic hydroxyl groups is 4. The summed E-state index contributed by atoms with van der Waals surface area (Å²) in [5, 5.41) is 70.6. The van der Waals surface area contributed by atoms with Crippen LogP contribution in [-0.2, 0) is 30.3 Å². The van der Waals surface area contributed by atoms with Gasteiger partial charge in [0.25, 0.3) is 0 Å². The molecule has 7 atom stereocenters. The summed E-state index contributed by atoms with van der Waals surface area (Å²) in [7, 11) is 0. The first-order chi connectivity index (χ1) is 16.4. The van der Waals surface area contributed by atoms with Gasteiger partial charge in [-0.2, -0.15) is 0 Å². The van der Waals surface area contributed by atoms with Gasteiger partial charge in [-0.15, -0.1) is 0 Å². The SMILES string of the molecule is C[C@H](C=C(CO)CC[C@]12O[C@H](C(=O)O)[C@@](O)(C(=O)O)[C@](C(=O)O)(O1)[C@H](O)[C@H]2O)Cc1ccccc1. The molecule has 1 aromatic carbocycles. The van der Waals surface area contributed by atoms with Crippen molar-refractivity contribution in [3.63, 3.8) is 0 Å². The molecule has 0 aromatic heterocycles. The summed E-state index contributed by atoms with van der Waals surface area (Å²) >= 11 is 0. The first-order valence-corrected chi connectivity index (χ1v) is 10.9.